The van der Waals surface area contributed by atoms with Gasteiger partial charge in [0.15, 0.2) is 0 Å². The lowest BCUT2D eigenvalue weighted by Crippen LogP contribution is -2.31. The van der Waals surface area contributed by atoms with E-state index in [1.807, 2.05) is 43.3 Å². The lowest BCUT2D eigenvalue weighted by atomic mass is 10.1. The highest BCUT2D eigenvalue weighted by atomic mass is 16.5. The zero-order valence-electron chi connectivity index (χ0n) is 15.1. The SMILES string of the molecule is CCOC(=O)c1cc2c(=O)n(C)c(C)cc2n(Cc2ccccc2)c1=N. The molecule has 0 aliphatic rings. The second-order valence-corrected chi connectivity index (χ2v) is 6.15. The molecule has 0 spiro atoms. The molecule has 0 saturated carbocycles. The van der Waals surface area contributed by atoms with Crippen molar-refractivity contribution < 1.29 is 9.53 Å². The van der Waals surface area contributed by atoms with Crippen LogP contribution >= 0.6 is 0 Å². The summed E-state index contributed by atoms with van der Waals surface area (Å²) >= 11 is 0. The topological polar surface area (TPSA) is 77.1 Å². The Labute approximate surface area is 150 Å². The fourth-order valence-corrected chi connectivity index (χ4v) is 2.96. The highest BCUT2D eigenvalue weighted by Gasteiger charge is 2.17. The van der Waals surface area contributed by atoms with E-state index < -0.39 is 5.97 Å². The van der Waals surface area contributed by atoms with Crippen LogP contribution in [0.25, 0.3) is 10.9 Å². The van der Waals surface area contributed by atoms with Gasteiger partial charge in [-0.25, -0.2) is 4.79 Å². The number of aryl methyl sites for hydroxylation is 1. The summed E-state index contributed by atoms with van der Waals surface area (Å²) in [6.07, 6.45) is 0. The summed E-state index contributed by atoms with van der Waals surface area (Å²) in [5, 5.41) is 8.93. The number of rotatable bonds is 4. The molecule has 2 heterocycles. The van der Waals surface area contributed by atoms with Crippen LogP contribution < -0.4 is 11.0 Å². The predicted octanol–water partition coefficient (Wildman–Crippen LogP) is 2.35. The molecule has 6 nitrogen and oxygen atoms in total. The molecule has 1 N–H and O–H groups in total. The van der Waals surface area contributed by atoms with E-state index in [0.29, 0.717) is 17.4 Å². The van der Waals surface area contributed by atoms with Crippen molar-refractivity contribution in [3.8, 4) is 0 Å². The molecule has 0 saturated heterocycles. The first kappa shape index (κ1) is 17.7. The first-order valence-corrected chi connectivity index (χ1v) is 8.43. The minimum atomic E-state index is -0.594. The molecule has 3 aromatic rings. The van der Waals surface area contributed by atoms with Crippen LogP contribution in [0.5, 0.6) is 0 Å². The van der Waals surface area contributed by atoms with Gasteiger partial charge in [0.25, 0.3) is 5.56 Å². The van der Waals surface area contributed by atoms with Crippen molar-refractivity contribution in [1.82, 2.24) is 9.13 Å². The zero-order chi connectivity index (χ0) is 18.8. The monoisotopic (exact) mass is 351 g/mol. The highest BCUT2D eigenvalue weighted by molar-refractivity contribution is 5.93. The van der Waals surface area contributed by atoms with Gasteiger partial charge in [-0.2, -0.15) is 0 Å². The summed E-state index contributed by atoms with van der Waals surface area (Å²) in [6.45, 7) is 4.15. The number of carbonyl (C=O) groups excluding carboxylic acids is 1. The normalized spacial score (nSPS) is 10.9. The molecule has 0 aliphatic heterocycles. The second kappa shape index (κ2) is 7.00. The van der Waals surface area contributed by atoms with Crippen molar-refractivity contribution in [1.29, 1.82) is 5.41 Å². The Morgan fingerprint density at radius 3 is 2.54 bits per heavy atom. The summed E-state index contributed by atoms with van der Waals surface area (Å²) in [5.41, 5.74) is 2.32. The minimum Gasteiger partial charge on any atom is -0.462 e. The molecule has 0 aliphatic carbocycles. The summed E-state index contributed by atoms with van der Waals surface area (Å²) in [6, 6.07) is 13.0. The molecule has 1 aromatic carbocycles. The molecule has 2 aromatic heterocycles. The molecule has 0 amide bonds. The lowest BCUT2D eigenvalue weighted by Gasteiger charge is -2.16. The summed E-state index contributed by atoms with van der Waals surface area (Å²) in [4.78, 5) is 25.0. The Bertz CT molecular complexity index is 1100. The van der Waals surface area contributed by atoms with E-state index in [1.54, 1.807) is 18.5 Å². The van der Waals surface area contributed by atoms with Crippen LogP contribution in [0.1, 0.15) is 28.5 Å². The number of benzene rings is 1. The molecule has 26 heavy (non-hydrogen) atoms. The number of hydrogen-bond acceptors (Lipinski definition) is 4. The number of esters is 1. The number of aromatic nitrogens is 2. The quantitative estimate of drug-likeness (QED) is 0.733. The van der Waals surface area contributed by atoms with E-state index in [1.165, 1.54) is 10.6 Å². The number of pyridine rings is 2. The van der Waals surface area contributed by atoms with Crippen LogP contribution in [0.2, 0.25) is 0 Å². The molecular formula is C20H21N3O3. The minimum absolute atomic E-state index is 0.0347. The van der Waals surface area contributed by atoms with Crippen LogP contribution in [0.15, 0.2) is 47.3 Å². The van der Waals surface area contributed by atoms with Gasteiger partial charge in [-0.15, -0.1) is 0 Å². The number of hydrogen-bond donors (Lipinski definition) is 1. The largest absolute Gasteiger partial charge is 0.462 e. The molecule has 0 bridgehead atoms. The van der Waals surface area contributed by atoms with Gasteiger partial charge < -0.3 is 13.9 Å². The van der Waals surface area contributed by atoms with E-state index >= 15 is 0 Å². The average Bonchev–Trinajstić information content (AvgIpc) is 2.63. The van der Waals surface area contributed by atoms with Crippen LogP contribution in [0.3, 0.4) is 0 Å². The van der Waals surface area contributed by atoms with Gasteiger partial charge in [-0.3, -0.25) is 10.2 Å². The Morgan fingerprint density at radius 2 is 1.88 bits per heavy atom. The zero-order valence-corrected chi connectivity index (χ0v) is 15.1. The molecule has 0 fully saturated rings. The maximum absolute atomic E-state index is 12.7. The average molecular weight is 351 g/mol. The Morgan fingerprint density at radius 1 is 1.19 bits per heavy atom. The van der Waals surface area contributed by atoms with E-state index in [-0.39, 0.29) is 23.2 Å². The van der Waals surface area contributed by atoms with Crippen molar-refractivity contribution in [3.05, 3.63) is 75.1 Å². The van der Waals surface area contributed by atoms with Gasteiger partial charge in [0, 0.05) is 19.3 Å². The van der Waals surface area contributed by atoms with Gasteiger partial charge in [-0.1, -0.05) is 30.3 Å². The molecule has 0 atom stereocenters. The van der Waals surface area contributed by atoms with Gasteiger partial charge in [-0.05, 0) is 31.5 Å². The number of carbonyl (C=O) groups is 1. The first-order valence-electron chi connectivity index (χ1n) is 8.43. The van der Waals surface area contributed by atoms with E-state index in [4.69, 9.17) is 10.1 Å². The first-order chi connectivity index (χ1) is 12.4. The third-order valence-corrected chi connectivity index (χ3v) is 4.47. The number of fused-ring (bicyclic) bond motifs is 1. The molecule has 0 unspecified atom stereocenters. The summed E-state index contributed by atoms with van der Waals surface area (Å²) < 4.78 is 8.30. The fourth-order valence-electron chi connectivity index (χ4n) is 2.96. The fraction of sp³-hybridized carbons (Fsp3) is 0.250. The van der Waals surface area contributed by atoms with Crippen molar-refractivity contribution in [2.24, 2.45) is 7.05 Å². The standard InChI is InChI=1S/C20H21N3O3/c1-4-26-20(25)16-11-15-17(10-13(2)22(3)19(15)24)23(18(16)21)12-14-8-6-5-7-9-14/h5-11,21H,4,12H2,1-3H3. The lowest BCUT2D eigenvalue weighted by molar-refractivity contribution is 0.0523. The summed E-state index contributed by atoms with van der Waals surface area (Å²) in [5.74, 6) is -0.594. The van der Waals surface area contributed by atoms with E-state index in [2.05, 4.69) is 0 Å². The van der Waals surface area contributed by atoms with Crippen LogP contribution in [-0.2, 0) is 18.3 Å². The Hall–Kier alpha value is -3.15. The molecule has 0 radical (unpaired) electrons. The number of ether oxygens (including phenoxy) is 1. The third kappa shape index (κ3) is 3.06. The van der Waals surface area contributed by atoms with Gasteiger partial charge in [0.1, 0.15) is 11.1 Å². The van der Waals surface area contributed by atoms with Crippen LogP contribution in [0.4, 0.5) is 0 Å². The molecular weight excluding hydrogens is 330 g/mol. The molecule has 134 valence electrons. The van der Waals surface area contributed by atoms with E-state index in [9.17, 15) is 9.59 Å². The Balaban J connectivity index is 2.35. The van der Waals surface area contributed by atoms with Crippen molar-refractivity contribution in [2.75, 3.05) is 6.61 Å². The highest BCUT2D eigenvalue weighted by Crippen LogP contribution is 2.14. The summed E-state index contributed by atoms with van der Waals surface area (Å²) in [7, 11) is 1.69. The maximum Gasteiger partial charge on any atom is 0.341 e. The van der Waals surface area contributed by atoms with Crippen molar-refractivity contribution >= 4 is 16.9 Å². The van der Waals surface area contributed by atoms with Gasteiger partial charge >= 0.3 is 5.97 Å². The number of nitrogens with zero attached hydrogens (tertiary/aromatic N) is 2. The van der Waals surface area contributed by atoms with Crippen LogP contribution in [-0.4, -0.2) is 21.7 Å². The van der Waals surface area contributed by atoms with Crippen molar-refractivity contribution in [2.45, 2.75) is 20.4 Å². The molecule has 6 heteroatoms. The van der Waals surface area contributed by atoms with Crippen LogP contribution in [0, 0.1) is 12.3 Å². The predicted molar refractivity (Wildman–Crippen MR) is 99.3 cm³/mol. The smallest absolute Gasteiger partial charge is 0.341 e. The van der Waals surface area contributed by atoms with Gasteiger partial charge in [0.2, 0.25) is 0 Å². The number of nitrogens with one attached hydrogen (secondary N) is 1. The van der Waals surface area contributed by atoms with Gasteiger partial charge in [0.05, 0.1) is 17.5 Å². The maximum atomic E-state index is 12.7. The van der Waals surface area contributed by atoms with Crippen molar-refractivity contribution in [3.63, 3.8) is 0 Å². The molecule has 3 rings (SSSR count). The second-order valence-electron chi connectivity index (χ2n) is 6.15. The third-order valence-electron chi connectivity index (χ3n) is 4.47. The van der Waals surface area contributed by atoms with E-state index in [0.717, 1.165) is 11.3 Å². The Kier molecular flexibility index (Phi) is 4.75.